The first-order chi connectivity index (χ1) is 13.7. The molecule has 0 aliphatic rings. The number of nitrogens with one attached hydrogen (secondary N) is 2. The van der Waals surface area contributed by atoms with E-state index in [9.17, 15) is 9.59 Å². The maximum absolute atomic E-state index is 12.1. The summed E-state index contributed by atoms with van der Waals surface area (Å²) in [6, 6.07) is 18.4. The number of amides is 1. The third-order valence-electron chi connectivity index (χ3n) is 3.66. The molecule has 28 heavy (non-hydrogen) atoms. The minimum absolute atomic E-state index is 0.130. The van der Waals surface area contributed by atoms with E-state index in [1.165, 1.54) is 11.3 Å². The Hall–Kier alpha value is -3.70. The second kappa shape index (κ2) is 9.30. The average Bonchev–Trinajstić information content (AvgIpc) is 3.21. The van der Waals surface area contributed by atoms with Crippen LogP contribution in [0.4, 0.5) is 10.8 Å². The van der Waals surface area contributed by atoms with Crippen LogP contribution in [-0.2, 0) is 16.1 Å². The molecule has 2 aromatic carbocycles. The van der Waals surface area contributed by atoms with Crippen LogP contribution in [0, 0.1) is 11.3 Å². The number of hydrogen-bond acceptors (Lipinski definition) is 7. The van der Waals surface area contributed by atoms with Crippen molar-refractivity contribution >= 4 is 34.0 Å². The maximum atomic E-state index is 12.1. The van der Waals surface area contributed by atoms with Crippen LogP contribution in [-0.4, -0.2) is 23.5 Å². The molecule has 0 radical (unpaired) electrons. The zero-order valence-electron chi connectivity index (χ0n) is 14.7. The van der Waals surface area contributed by atoms with Crippen molar-refractivity contribution in [3.05, 3.63) is 76.8 Å². The molecule has 0 atom stereocenters. The third-order valence-corrected chi connectivity index (χ3v) is 4.46. The first-order valence-corrected chi connectivity index (χ1v) is 9.23. The number of benzene rings is 2. The van der Waals surface area contributed by atoms with Crippen LogP contribution < -0.4 is 10.6 Å². The lowest BCUT2D eigenvalue weighted by Crippen LogP contribution is -2.21. The van der Waals surface area contributed by atoms with Gasteiger partial charge in [-0.3, -0.25) is 4.79 Å². The number of aromatic nitrogens is 1. The summed E-state index contributed by atoms with van der Waals surface area (Å²) in [7, 11) is 0. The fourth-order valence-electron chi connectivity index (χ4n) is 2.30. The van der Waals surface area contributed by atoms with Gasteiger partial charge in [0.05, 0.1) is 11.3 Å². The summed E-state index contributed by atoms with van der Waals surface area (Å²) >= 11 is 1.28. The molecule has 0 bridgehead atoms. The molecule has 0 saturated carbocycles. The van der Waals surface area contributed by atoms with Crippen molar-refractivity contribution in [1.82, 2.24) is 4.98 Å². The molecule has 0 fully saturated rings. The van der Waals surface area contributed by atoms with Crippen molar-refractivity contribution < 1.29 is 14.3 Å². The van der Waals surface area contributed by atoms with E-state index in [2.05, 4.69) is 15.6 Å². The fourth-order valence-corrected chi connectivity index (χ4v) is 2.98. The summed E-state index contributed by atoms with van der Waals surface area (Å²) in [5.41, 5.74) is 1.92. The van der Waals surface area contributed by atoms with E-state index in [4.69, 9.17) is 10.00 Å². The summed E-state index contributed by atoms with van der Waals surface area (Å²) in [5.74, 6) is -1.22. The minimum atomic E-state index is -0.687. The molecular weight excluding hydrogens is 376 g/mol. The maximum Gasteiger partial charge on any atom is 0.358 e. The Morgan fingerprint density at radius 2 is 1.86 bits per heavy atom. The number of anilines is 2. The molecule has 3 rings (SSSR count). The lowest BCUT2D eigenvalue weighted by Gasteiger charge is -2.07. The number of ether oxygens (including phenoxy) is 1. The average molecular weight is 392 g/mol. The normalized spacial score (nSPS) is 9.96. The number of rotatable bonds is 7. The molecule has 0 aliphatic heterocycles. The highest BCUT2D eigenvalue weighted by Gasteiger charge is 2.15. The van der Waals surface area contributed by atoms with Gasteiger partial charge in [0.2, 0.25) is 0 Å². The molecule has 3 aromatic rings. The van der Waals surface area contributed by atoms with Crippen LogP contribution in [0.5, 0.6) is 0 Å². The van der Waals surface area contributed by atoms with Gasteiger partial charge < -0.3 is 15.4 Å². The monoisotopic (exact) mass is 392 g/mol. The molecule has 140 valence electrons. The predicted molar refractivity (Wildman–Crippen MR) is 106 cm³/mol. The van der Waals surface area contributed by atoms with Gasteiger partial charge in [-0.15, -0.1) is 11.3 Å². The molecule has 8 heteroatoms. The van der Waals surface area contributed by atoms with Gasteiger partial charge in [-0.25, -0.2) is 9.78 Å². The number of nitrogens with zero attached hydrogens (tertiary/aromatic N) is 2. The van der Waals surface area contributed by atoms with Gasteiger partial charge >= 0.3 is 5.97 Å². The molecule has 7 nitrogen and oxygen atoms in total. The number of thiazole rings is 1. The van der Waals surface area contributed by atoms with Gasteiger partial charge in [0.1, 0.15) is 6.07 Å². The van der Waals surface area contributed by atoms with Crippen molar-refractivity contribution in [1.29, 1.82) is 5.26 Å². The standard InChI is InChI=1S/C20H16N4O3S/c21-10-15-8-4-5-9-16(15)23-18(25)12-27-19(26)17-13-28-20(24-17)22-11-14-6-2-1-3-7-14/h1-9,13H,11-12H2,(H,22,24)(H,23,25). The molecule has 2 N–H and O–H groups in total. The first kappa shape index (κ1) is 19.1. The number of carbonyl (C=O) groups is 2. The Morgan fingerprint density at radius 3 is 2.64 bits per heavy atom. The van der Waals surface area contributed by atoms with Crippen LogP contribution >= 0.6 is 11.3 Å². The molecule has 1 aromatic heterocycles. The van der Waals surface area contributed by atoms with E-state index >= 15 is 0 Å². The quantitative estimate of drug-likeness (QED) is 0.597. The van der Waals surface area contributed by atoms with Crippen LogP contribution in [0.3, 0.4) is 0 Å². The van der Waals surface area contributed by atoms with E-state index in [-0.39, 0.29) is 5.69 Å². The topological polar surface area (TPSA) is 104 Å². The van der Waals surface area contributed by atoms with Crippen LogP contribution in [0.15, 0.2) is 60.0 Å². The van der Waals surface area contributed by atoms with Gasteiger partial charge in [0.25, 0.3) is 5.91 Å². The highest BCUT2D eigenvalue weighted by atomic mass is 32.1. The molecule has 0 saturated heterocycles. The fraction of sp³-hybridized carbons (Fsp3) is 0.100. The smallest absolute Gasteiger partial charge is 0.358 e. The highest BCUT2D eigenvalue weighted by molar-refractivity contribution is 7.13. The summed E-state index contributed by atoms with van der Waals surface area (Å²) in [4.78, 5) is 28.2. The second-order valence-corrected chi connectivity index (χ2v) is 6.52. The van der Waals surface area contributed by atoms with Crippen molar-refractivity contribution in [2.45, 2.75) is 6.54 Å². The summed E-state index contributed by atoms with van der Waals surface area (Å²) in [6.07, 6.45) is 0. The largest absolute Gasteiger partial charge is 0.451 e. The summed E-state index contributed by atoms with van der Waals surface area (Å²) < 4.78 is 4.99. The van der Waals surface area contributed by atoms with Gasteiger partial charge in [-0.2, -0.15) is 5.26 Å². The zero-order chi connectivity index (χ0) is 19.8. The minimum Gasteiger partial charge on any atom is -0.451 e. The molecule has 1 heterocycles. The van der Waals surface area contributed by atoms with Gasteiger partial charge in [0, 0.05) is 11.9 Å². The summed E-state index contributed by atoms with van der Waals surface area (Å²) in [5, 5.41) is 16.9. The number of carbonyl (C=O) groups excluding carboxylic acids is 2. The molecule has 0 unspecified atom stereocenters. The van der Waals surface area contributed by atoms with Crippen LogP contribution in [0.25, 0.3) is 0 Å². The van der Waals surface area contributed by atoms with E-state index in [1.807, 2.05) is 36.4 Å². The number of para-hydroxylation sites is 1. The van der Waals surface area contributed by atoms with Gasteiger partial charge in [-0.05, 0) is 17.7 Å². The Bertz CT molecular complexity index is 1010. The first-order valence-electron chi connectivity index (χ1n) is 8.35. The van der Waals surface area contributed by atoms with E-state index in [1.54, 1.807) is 29.6 Å². The van der Waals surface area contributed by atoms with Crippen molar-refractivity contribution in [2.24, 2.45) is 0 Å². The van der Waals surface area contributed by atoms with Crippen molar-refractivity contribution in [3.63, 3.8) is 0 Å². The van der Waals surface area contributed by atoms with E-state index in [0.717, 1.165) is 5.56 Å². The van der Waals surface area contributed by atoms with Crippen molar-refractivity contribution in [2.75, 3.05) is 17.2 Å². The van der Waals surface area contributed by atoms with Crippen LogP contribution in [0.1, 0.15) is 21.6 Å². The van der Waals surface area contributed by atoms with Crippen LogP contribution in [0.2, 0.25) is 0 Å². The van der Waals surface area contributed by atoms with Gasteiger partial charge in [0.15, 0.2) is 17.4 Å². The third kappa shape index (κ3) is 5.16. The Morgan fingerprint density at radius 1 is 1.11 bits per heavy atom. The lowest BCUT2D eigenvalue weighted by molar-refractivity contribution is -0.119. The number of hydrogen-bond donors (Lipinski definition) is 2. The number of esters is 1. The zero-order valence-corrected chi connectivity index (χ0v) is 15.5. The Kier molecular flexibility index (Phi) is 6.33. The predicted octanol–water partition coefficient (Wildman–Crippen LogP) is 3.42. The Labute approximate surface area is 165 Å². The lowest BCUT2D eigenvalue weighted by atomic mass is 10.2. The van der Waals surface area contributed by atoms with E-state index < -0.39 is 18.5 Å². The summed E-state index contributed by atoms with van der Waals surface area (Å²) in [6.45, 7) is 0.118. The van der Waals surface area contributed by atoms with Gasteiger partial charge in [-0.1, -0.05) is 42.5 Å². The molecule has 0 spiro atoms. The second-order valence-electron chi connectivity index (χ2n) is 5.66. The highest BCUT2D eigenvalue weighted by Crippen LogP contribution is 2.17. The van der Waals surface area contributed by atoms with Crippen molar-refractivity contribution in [3.8, 4) is 6.07 Å². The SMILES string of the molecule is N#Cc1ccccc1NC(=O)COC(=O)c1csc(NCc2ccccc2)n1. The van der Waals surface area contributed by atoms with E-state index in [0.29, 0.717) is 22.9 Å². The Balaban J connectivity index is 1.49. The number of nitriles is 1. The molecular formula is C20H16N4O3S. The molecule has 1 amide bonds. The molecule has 0 aliphatic carbocycles.